The quantitative estimate of drug-likeness (QED) is 0.0865. The van der Waals surface area contributed by atoms with Crippen LogP contribution in [0.3, 0.4) is 0 Å². The van der Waals surface area contributed by atoms with Gasteiger partial charge in [-0.1, -0.05) is 24.3 Å². The van der Waals surface area contributed by atoms with E-state index in [-0.39, 0.29) is 56.9 Å². The Balaban J connectivity index is 0.000000750. The maximum absolute atomic E-state index is 13.6. The summed E-state index contributed by atoms with van der Waals surface area (Å²) in [6.07, 6.45) is -1.28. The molecule has 57 heavy (non-hydrogen) atoms. The van der Waals surface area contributed by atoms with E-state index in [1.54, 1.807) is 86.7 Å². The van der Waals surface area contributed by atoms with Gasteiger partial charge in [-0.05, 0) is 111 Å². The Hall–Kier alpha value is -3.47. The Kier molecular flexibility index (Phi) is 23.6. The van der Waals surface area contributed by atoms with Crippen LogP contribution in [0.15, 0.2) is 60.7 Å². The molecule has 19 heteroatoms. The number of ether oxygens (including phenoxy) is 2. The summed E-state index contributed by atoms with van der Waals surface area (Å²) in [7, 11) is 0. The Morgan fingerprint density at radius 3 is 1.25 bits per heavy atom. The first-order valence-corrected chi connectivity index (χ1v) is 18.5. The lowest BCUT2D eigenvalue weighted by molar-refractivity contribution is 0.0511. The largest absolute Gasteiger partial charge is 0.444 e. The fourth-order valence-electron chi connectivity index (χ4n) is 3.74. The van der Waals surface area contributed by atoms with Crippen LogP contribution in [-0.4, -0.2) is 23.4 Å². The molecular formula is C38H43ClF8I2N4O4. The van der Waals surface area contributed by atoms with Gasteiger partial charge in [0.25, 0.3) is 0 Å². The number of alkyl carbamates (subject to hydrolysis) is 2. The van der Waals surface area contributed by atoms with Gasteiger partial charge in [-0.15, -0.1) is 12.4 Å². The summed E-state index contributed by atoms with van der Waals surface area (Å²) in [5.41, 5.74) is 10.2. The van der Waals surface area contributed by atoms with Crippen LogP contribution in [-0.2, 0) is 35.7 Å². The van der Waals surface area contributed by atoms with Crippen LogP contribution in [0.25, 0.3) is 0 Å². The second kappa shape index (κ2) is 25.1. The molecule has 0 radical (unpaired) electrons. The van der Waals surface area contributed by atoms with Crippen LogP contribution in [0.4, 0.5) is 44.7 Å². The van der Waals surface area contributed by atoms with Crippen molar-refractivity contribution >= 4 is 69.8 Å². The van der Waals surface area contributed by atoms with E-state index in [0.29, 0.717) is 11.1 Å². The Bertz CT molecular complexity index is 1930. The number of nitrogens with two attached hydrogens (primary N) is 2. The second-order valence-electron chi connectivity index (χ2n) is 13.3. The van der Waals surface area contributed by atoms with Crippen molar-refractivity contribution in [3.05, 3.63) is 137 Å². The third kappa shape index (κ3) is 20.7. The third-order valence-corrected chi connectivity index (χ3v) is 8.32. The van der Waals surface area contributed by atoms with E-state index in [2.05, 4.69) is 10.6 Å². The predicted molar refractivity (Wildman–Crippen MR) is 220 cm³/mol. The highest BCUT2D eigenvalue weighted by molar-refractivity contribution is 14.1. The lowest BCUT2D eigenvalue weighted by atomic mass is 10.2. The molecule has 0 atom stereocenters. The maximum atomic E-state index is 13.6. The molecule has 0 fully saturated rings. The van der Waals surface area contributed by atoms with E-state index in [1.165, 1.54) is 36.4 Å². The summed E-state index contributed by atoms with van der Waals surface area (Å²) in [5, 5.41) is 4.81. The van der Waals surface area contributed by atoms with Crippen molar-refractivity contribution in [3.63, 3.8) is 0 Å². The van der Waals surface area contributed by atoms with Crippen LogP contribution in [0.5, 0.6) is 0 Å². The summed E-state index contributed by atoms with van der Waals surface area (Å²) in [6.45, 7) is 10.5. The molecule has 4 aromatic rings. The first-order valence-electron chi connectivity index (χ1n) is 16.3. The van der Waals surface area contributed by atoms with E-state index in [9.17, 15) is 44.7 Å². The minimum absolute atomic E-state index is 0. The molecule has 0 aliphatic carbocycles. The highest BCUT2D eigenvalue weighted by Gasteiger charge is 2.18. The number of halogens is 11. The Morgan fingerprint density at radius 1 is 0.544 bits per heavy atom. The molecule has 4 rings (SSSR count). The molecule has 0 unspecified atom stereocenters. The zero-order chi connectivity index (χ0) is 43.0. The van der Waals surface area contributed by atoms with E-state index >= 15 is 0 Å². The van der Waals surface area contributed by atoms with Crippen molar-refractivity contribution in [1.29, 1.82) is 0 Å². The molecule has 0 aliphatic rings. The molecule has 0 bridgehead atoms. The normalized spacial score (nSPS) is 10.6. The van der Waals surface area contributed by atoms with Gasteiger partial charge in [0, 0.05) is 60.6 Å². The highest BCUT2D eigenvalue weighted by atomic mass is 127. The summed E-state index contributed by atoms with van der Waals surface area (Å²) in [4.78, 5) is 22.6. The molecule has 0 heterocycles. The molecule has 316 valence electrons. The van der Waals surface area contributed by atoms with Gasteiger partial charge < -0.3 is 31.6 Å². The van der Waals surface area contributed by atoms with Crippen molar-refractivity contribution in [1.82, 2.24) is 10.6 Å². The van der Waals surface area contributed by atoms with Gasteiger partial charge in [-0.3, -0.25) is 0 Å². The summed E-state index contributed by atoms with van der Waals surface area (Å²) >= 11 is 3.19. The van der Waals surface area contributed by atoms with E-state index < -0.39 is 69.9 Å². The van der Waals surface area contributed by atoms with Gasteiger partial charge in [-0.2, -0.15) is 0 Å². The van der Waals surface area contributed by atoms with Gasteiger partial charge >= 0.3 is 12.2 Å². The van der Waals surface area contributed by atoms with Crippen molar-refractivity contribution < 1.29 is 54.2 Å². The van der Waals surface area contributed by atoms with Gasteiger partial charge in [0.1, 0.15) is 57.7 Å². The predicted octanol–water partition coefficient (Wildman–Crippen LogP) is 10.5. The number of hydrogen-bond acceptors (Lipinski definition) is 6. The summed E-state index contributed by atoms with van der Waals surface area (Å²) in [6, 6.07) is 11.6. The molecule has 0 saturated heterocycles. The van der Waals surface area contributed by atoms with E-state index in [4.69, 9.17) is 20.9 Å². The number of amides is 2. The minimum atomic E-state index is -0.693. The number of nitrogens with one attached hydrogen (secondary N) is 2. The minimum Gasteiger partial charge on any atom is -0.444 e. The van der Waals surface area contributed by atoms with Gasteiger partial charge in [0.2, 0.25) is 0 Å². The van der Waals surface area contributed by atoms with Crippen molar-refractivity contribution in [2.75, 3.05) is 0 Å². The molecule has 0 aromatic heterocycles. The topological polar surface area (TPSA) is 129 Å². The van der Waals surface area contributed by atoms with Crippen LogP contribution in [0.1, 0.15) is 63.8 Å². The number of rotatable bonds is 6. The van der Waals surface area contributed by atoms with Crippen LogP contribution >= 0.6 is 57.6 Å². The van der Waals surface area contributed by atoms with Crippen LogP contribution < -0.4 is 22.1 Å². The molecule has 0 aliphatic heterocycles. The number of carbonyl (C=O) groups excluding carboxylic acids is 2. The van der Waals surface area contributed by atoms with Crippen LogP contribution in [0.2, 0.25) is 0 Å². The number of carbonyl (C=O) groups is 2. The molecule has 6 N–H and O–H groups in total. The third-order valence-electron chi connectivity index (χ3n) is 6.34. The molecule has 0 spiro atoms. The smallest absolute Gasteiger partial charge is 0.407 e. The van der Waals surface area contributed by atoms with Gasteiger partial charge in [-0.25, -0.2) is 44.7 Å². The molecule has 2 amide bonds. The molecular weight excluding hydrogens is 1020 g/mol. The van der Waals surface area contributed by atoms with Crippen molar-refractivity contribution in [2.24, 2.45) is 11.5 Å². The van der Waals surface area contributed by atoms with Gasteiger partial charge in [0.15, 0.2) is 0 Å². The Labute approximate surface area is 359 Å². The molecule has 8 nitrogen and oxygen atoms in total. The fourth-order valence-corrected chi connectivity index (χ4v) is 4.79. The van der Waals surface area contributed by atoms with E-state index in [0.717, 1.165) is 24.3 Å². The zero-order valence-electron chi connectivity index (χ0n) is 31.6. The SMILES string of the molecule is CC(C)(C)OC(=O)NCc1ccc(F)c(I)c1F.CC(C)(C)OC(=O)NCc1ccc(F)cc1F.Cl.NCc1ccc(F)c(I)c1F.NCc1ccc(F)cc1F. The fraction of sp³-hybridized carbons (Fsp3) is 0.316. The first kappa shape index (κ1) is 53.5. The van der Waals surface area contributed by atoms with Crippen LogP contribution in [0, 0.1) is 53.7 Å². The molecule has 0 saturated carbocycles. The average molecular weight is 1060 g/mol. The van der Waals surface area contributed by atoms with E-state index in [1.807, 2.05) is 0 Å². The zero-order valence-corrected chi connectivity index (χ0v) is 36.7. The Morgan fingerprint density at radius 2 is 0.877 bits per heavy atom. The highest BCUT2D eigenvalue weighted by Crippen LogP contribution is 2.20. The number of benzene rings is 4. The molecule has 4 aromatic carbocycles. The maximum Gasteiger partial charge on any atom is 0.407 e. The number of hydrogen-bond donors (Lipinski definition) is 4. The van der Waals surface area contributed by atoms with Gasteiger partial charge in [0.05, 0.1) is 7.14 Å². The monoisotopic (exact) mass is 1060 g/mol. The average Bonchev–Trinajstić information content (AvgIpc) is 3.08. The first-order chi connectivity index (χ1) is 25.9. The second-order valence-corrected chi connectivity index (χ2v) is 15.4. The lowest BCUT2D eigenvalue weighted by Gasteiger charge is -2.19. The summed E-state index contributed by atoms with van der Waals surface area (Å²) in [5.74, 6) is -4.86. The van der Waals surface area contributed by atoms with Crippen molar-refractivity contribution in [2.45, 2.75) is 78.9 Å². The lowest BCUT2D eigenvalue weighted by Crippen LogP contribution is -2.32. The van der Waals surface area contributed by atoms with Crippen molar-refractivity contribution in [3.8, 4) is 0 Å². The summed E-state index contributed by atoms with van der Waals surface area (Å²) < 4.78 is 113. The standard InChI is InChI=1S/C12H14F2INO2.C12H15F2NO2.C7H6F2IN.C7H7F2N.ClH/c1-12(2,3)18-11(17)16-6-7-4-5-8(13)10(15)9(7)14;1-12(2,3)17-11(16)15-7-8-4-5-9(13)6-10(8)14;8-5-2-1-4(3-11)6(9)7(5)10;8-6-2-1-5(4-10)7(9)3-6;/h4-5H,6H2,1-3H3,(H,16,17);4-6H,7H2,1-3H3,(H,15,16);1-2H,3,11H2;1-3H,4,10H2;1H.